The monoisotopic (exact) mass is 161 g/mol. The van der Waals surface area contributed by atoms with Crippen LogP contribution in [-0.2, 0) is 9.59 Å². The van der Waals surface area contributed by atoms with E-state index in [9.17, 15) is 9.59 Å². The number of carbonyl (C=O) groups is 2. The van der Waals surface area contributed by atoms with Crippen LogP contribution in [0.25, 0.3) is 0 Å². The molecule has 5 heteroatoms. The van der Waals surface area contributed by atoms with Gasteiger partial charge in [0.1, 0.15) is 0 Å². The Kier molecular flexibility index (Phi) is 4.21. The number of nitrogens with zero attached hydrogens (tertiary/aromatic N) is 1. The van der Waals surface area contributed by atoms with Crippen LogP contribution in [0.1, 0.15) is 13.3 Å². The first kappa shape index (κ1) is 9.90. The normalized spacial score (nSPS) is 12.2. The Morgan fingerprint density at radius 2 is 2.27 bits per heavy atom. The molecule has 1 atom stereocenters. The number of hydrogen-bond acceptors (Lipinski definition) is 3. The summed E-state index contributed by atoms with van der Waals surface area (Å²) in [4.78, 5) is 20.2. The largest absolute Gasteiger partial charge is 0.481 e. The first-order chi connectivity index (χ1) is 5.11. The molecule has 0 saturated heterocycles. The third kappa shape index (κ3) is 3.57. The predicted molar refractivity (Wildman–Crippen MR) is 36.0 cm³/mol. The van der Waals surface area contributed by atoms with Crippen LogP contribution in [0.5, 0.6) is 0 Å². The number of rotatable bonds is 5. The van der Waals surface area contributed by atoms with E-state index >= 15 is 0 Å². The molecule has 0 radical (unpaired) electrons. The Hall–Kier alpha value is -1.10. The van der Waals surface area contributed by atoms with Gasteiger partial charge in [0.15, 0.2) is 0 Å². The van der Waals surface area contributed by atoms with Crippen LogP contribution >= 0.6 is 0 Å². The summed E-state index contributed by atoms with van der Waals surface area (Å²) in [7, 11) is 0. The molecule has 11 heavy (non-hydrogen) atoms. The minimum absolute atomic E-state index is 0.157. The van der Waals surface area contributed by atoms with Gasteiger partial charge < -0.3 is 5.11 Å². The highest BCUT2D eigenvalue weighted by molar-refractivity contribution is 5.70. The number of hydroxylamine groups is 2. The molecule has 0 aliphatic rings. The van der Waals surface area contributed by atoms with E-state index < -0.39 is 11.9 Å². The second-order valence-electron chi connectivity index (χ2n) is 2.17. The quantitative estimate of drug-likeness (QED) is 0.336. The standard InChI is InChI=1S/C6H11NO4/c1-2-5(6(9)10)3-7(11)4-8/h4-5,11H,2-3H2,1H3,(H,9,10). The summed E-state index contributed by atoms with van der Waals surface area (Å²) >= 11 is 0. The smallest absolute Gasteiger partial charge is 0.308 e. The van der Waals surface area contributed by atoms with Gasteiger partial charge in [-0.15, -0.1) is 0 Å². The molecule has 0 saturated carbocycles. The molecule has 0 aliphatic carbocycles. The fourth-order valence-electron chi connectivity index (χ4n) is 0.651. The summed E-state index contributed by atoms with van der Waals surface area (Å²) in [5.41, 5.74) is 0. The number of hydrogen-bond donors (Lipinski definition) is 2. The molecule has 2 N–H and O–H groups in total. The average molecular weight is 161 g/mol. The fraction of sp³-hybridized carbons (Fsp3) is 0.667. The molecule has 0 aromatic heterocycles. The third-order valence-corrected chi connectivity index (χ3v) is 1.37. The Labute approximate surface area is 64.2 Å². The molecule has 0 bridgehead atoms. The molecule has 0 heterocycles. The fourth-order valence-corrected chi connectivity index (χ4v) is 0.651. The van der Waals surface area contributed by atoms with E-state index in [1.807, 2.05) is 0 Å². The SMILES string of the molecule is CCC(CN(O)C=O)C(=O)O. The van der Waals surface area contributed by atoms with Gasteiger partial charge in [0.2, 0.25) is 6.41 Å². The summed E-state index contributed by atoms with van der Waals surface area (Å²) in [6, 6.07) is 0. The maximum Gasteiger partial charge on any atom is 0.308 e. The number of carbonyl (C=O) groups excluding carboxylic acids is 1. The van der Waals surface area contributed by atoms with Gasteiger partial charge >= 0.3 is 5.97 Å². The molecule has 0 spiro atoms. The summed E-state index contributed by atoms with van der Waals surface area (Å²) < 4.78 is 0. The van der Waals surface area contributed by atoms with Crippen molar-refractivity contribution in [1.82, 2.24) is 5.06 Å². The molecule has 5 nitrogen and oxygen atoms in total. The molecule has 64 valence electrons. The minimum atomic E-state index is -1.01. The van der Waals surface area contributed by atoms with Crippen molar-refractivity contribution in [2.75, 3.05) is 6.54 Å². The Morgan fingerprint density at radius 3 is 2.55 bits per heavy atom. The van der Waals surface area contributed by atoms with Crippen LogP contribution in [-0.4, -0.2) is 34.3 Å². The van der Waals surface area contributed by atoms with Gasteiger partial charge in [-0.3, -0.25) is 14.8 Å². The van der Waals surface area contributed by atoms with Crippen molar-refractivity contribution in [1.29, 1.82) is 0 Å². The number of amides is 1. The topological polar surface area (TPSA) is 77.8 Å². The van der Waals surface area contributed by atoms with Crippen molar-refractivity contribution in [3.63, 3.8) is 0 Å². The third-order valence-electron chi connectivity index (χ3n) is 1.37. The van der Waals surface area contributed by atoms with E-state index in [1.54, 1.807) is 6.92 Å². The van der Waals surface area contributed by atoms with Crippen LogP contribution in [0.2, 0.25) is 0 Å². The van der Waals surface area contributed by atoms with Crippen LogP contribution in [0.15, 0.2) is 0 Å². The highest BCUT2D eigenvalue weighted by atomic mass is 16.5. The zero-order chi connectivity index (χ0) is 8.85. The lowest BCUT2D eigenvalue weighted by Crippen LogP contribution is -2.29. The second-order valence-corrected chi connectivity index (χ2v) is 2.17. The van der Waals surface area contributed by atoms with Gasteiger partial charge in [-0.2, -0.15) is 0 Å². The van der Waals surface area contributed by atoms with Gasteiger partial charge in [-0.05, 0) is 6.42 Å². The van der Waals surface area contributed by atoms with Gasteiger partial charge in [-0.25, -0.2) is 5.06 Å². The van der Waals surface area contributed by atoms with E-state index in [0.717, 1.165) is 0 Å². The van der Waals surface area contributed by atoms with Crippen molar-refractivity contribution >= 4 is 12.4 Å². The first-order valence-corrected chi connectivity index (χ1v) is 3.25. The molecular formula is C6H11NO4. The molecule has 0 fully saturated rings. The maximum absolute atomic E-state index is 10.3. The molecule has 1 unspecified atom stereocenters. The van der Waals surface area contributed by atoms with Gasteiger partial charge in [0, 0.05) is 0 Å². The van der Waals surface area contributed by atoms with E-state index in [-0.39, 0.29) is 13.0 Å². The van der Waals surface area contributed by atoms with Crippen molar-refractivity contribution in [2.45, 2.75) is 13.3 Å². The van der Waals surface area contributed by atoms with E-state index in [4.69, 9.17) is 10.3 Å². The van der Waals surface area contributed by atoms with Gasteiger partial charge in [-0.1, -0.05) is 6.92 Å². The van der Waals surface area contributed by atoms with Crippen molar-refractivity contribution in [3.8, 4) is 0 Å². The number of carboxylic acid groups (broad SMARTS) is 1. The van der Waals surface area contributed by atoms with Crippen molar-refractivity contribution in [2.24, 2.45) is 5.92 Å². The van der Waals surface area contributed by atoms with Crippen molar-refractivity contribution < 1.29 is 19.9 Å². The zero-order valence-corrected chi connectivity index (χ0v) is 6.23. The van der Waals surface area contributed by atoms with Crippen LogP contribution in [0.3, 0.4) is 0 Å². The minimum Gasteiger partial charge on any atom is -0.481 e. The molecular weight excluding hydrogens is 150 g/mol. The summed E-state index contributed by atoms with van der Waals surface area (Å²) in [6.07, 6.45) is 0.575. The van der Waals surface area contributed by atoms with Crippen LogP contribution in [0.4, 0.5) is 0 Å². The number of carboxylic acids is 1. The molecule has 0 rings (SSSR count). The highest BCUT2D eigenvalue weighted by Gasteiger charge is 2.17. The van der Waals surface area contributed by atoms with Gasteiger partial charge in [0.25, 0.3) is 0 Å². The van der Waals surface area contributed by atoms with Crippen LogP contribution < -0.4 is 0 Å². The molecule has 1 amide bonds. The molecule has 0 aliphatic heterocycles. The average Bonchev–Trinajstić information content (AvgIpc) is 1.99. The zero-order valence-electron chi connectivity index (χ0n) is 6.23. The lowest BCUT2D eigenvalue weighted by molar-refractivity contribution is -0.158. The Morgan fingerprint density at radius 1 is 1.73 bits per heavy atom. The summed E-state index contributed by atoms with van der Waals surface area (Å²) in [5, 5.41) is 17.4. The van der Waals surface area contributed by atoms with E-state index in [2.05, 4.69) is 0 Å². The second kappa shape index (κ2) is 4.68. The van der Waals surface area contributed by atoms with E-state index in [0.29, 0.717) is 11.5 Å². The summed E-state index contributed by atoms with van der Waals surface area (Å²) in [5.74, 6) is -1.70. The Balaban J connectivity index is 3.87. The maximum atomic E-state index is 10.3. The molecule has 0 aromatic carbocycles. The van der Waals surface area contributed by atoms with E-state index in [1.165, 1.54) is 0 Å². The predicted octanol–water partition coefficient (Wildman–Crippen LogP) is -0.0552. The first-order valence-electron chi connectivity index (χ1n) is 3.25. The highest BCUT2D eigenvalue weighted by Crippen LogP contribution is 2.02. The lowest BCUT2D eigenvalue weighted by atomic mass is 10.1. The lowest BCUT2D eigenvalue weighted by Gasteiger charge is -2.13. The van der Waals surface area contributed by atoms with Gasteiger partial charge in [0.05, 0.1) is 12.5 Å². The summed E-state index contributed by atoms with van der Waals surface area (Å²) in [6.45, 7) is 1.52. The van der Waals surface area contributed by atoms with Crippen LogP contribution in [0, 0.1) is 5.92 Å². The number of aliphatic carboxylic acids is 1. The Bertz CT molecular complexity index is 148. The van der Waals surface area contributed by atoms with Crippen molar-refractivity contribution in [3.05, 3.63) is 0 Å². The molecule has 0 aromatic rings.